The molecule has 0 aromatic heterocycles. The normalized spacial score (nSPS) is 10.8. The van der Waals surface area contributed by atoms with Gasteiger partial charge in [0.2, 0.25) is 0 Å². The molecule has 0 unspecified atom stereocenters. The molecule has 0 radical (unpaired) electrons. The number of fused-ring (bicyclic) bond motifs is 3. The molecule has 172 valence electrons. The van der Waals surface area contributed by atoms with Gasteiger partial charge in [-0.3, -0.25) is 0 Å². The summed E-state index contributed by atoms with van der Waals surface area (Å²) in [5.74, 6) is 0.911. The van der Waals surface area contributed by atoms with Gasteiger partial charge in [-0.05, 0) is 67.7 Å². The van der Waals surface area contributed by atoms with Crippen molar-refractivity contribution in [3.8, 4) is 5.75 Å². The van der Waals surface area contributed by atoms with Gasteiger partial charge in [-0.2, -0.15) is 0 Å². The Kier molecular flexibility index (Phi) is 7.02. The maximum atomic E-state index is 5.90. The van der Waals surface area contributed by atoms with Crippen LogP contribution in [0.2, 0.25) is 0 Å². The fourth-order valence-electron chi connectivity index (χ4n) is 4.24. The average Bonchev–Trinajstić information content (AvgIpc) is 2.93. The Balaban J connectivity index is 0.000000178. The number of ether oxygens (including phenoxy) is 2. The Morgan fingerprint density at radius 1 is 0.429 bits per heavy atom. The molecular formula is C33H28O2. The summed E-state index contributed by atoms with van der Waals surface area (Å²) in [6.45, 7) is 1.27. The van der Waals surface area contributed by atoms with Crippen molar-refractivity contribution in [2.24, 2.45) is 0 Å². The van der Waals surface area contributed by atoms with Crippen molar-refractivity contribution < 1.29 is 9.47 Å². The maximum absolute atomic E-state index is 5.90. The molecule has 0 N–H and O–H groups in total. The van der Waals surface area contributed by atoms with Gasteiger partial charge in [0.25, 0.3) is 0 Å². The Morgan fingerprint density at radius 2 is 0.829 bits per heavy atom. The van der Waals surface area contributed by atoms with Gasteiger partial charge in [0.05, 0.1) is 20.3 Å². The topological polar surface area (TPSA) is 18.5 Å². The van der Waals surface area contributed by atoms with Crippen molar-refractivity contribution in [1.82, 2.24) is 0 Å². The molecule has 0 heterocycles. The monoisotopic (exact) mass is 456 g/mol. The maximum Gasteiger partial charge on any atom is 0.119 e. The third-order valence-corrected chi connectivity index (χ3v) is 6.12. The van der Waals surface area contributed by atoms with E-state index < -0.39 is 0 Å². The molecule has 0 saturated carbocycles. The van der Waals surface area contributed by atoms with E-state index in [1.807, 2.05) is 24.3 Å². The van der Waals surface area contributed by atoms with Gasteiger partial charge in [-0.15, -0.1) is 0 Å². The molecule has 35 heavy (non-hydrogen) atoms. The van der Waals surface area contributed by atoms with Crippen molar-refractivity contribution in [2.45, 2.75) is 13.2 Å². The number of methoxy groups -OCH3 is 1. The first-order valence-corrected chi connectivity index (χ1v) is 11.8. The van der Waals surface area contributed by atoms with Gasteiger partial charge in [-0.1, -0.05) is 103 Å². The first kappa shape index (κ1) is 22.6. The molecule has 0 fully saturated rings. The van der Waals surface area contributed by atoms with E-state index in [0.717, 1.165) is 5.75 Å². The lowest BCUT2D eigenvalue weighted by atomic mass is 10.1. The Hall–Kier alpha value is -4.14. The van der Waals surface area contributed by atoms with E-state index in [2.05, 4.69) is 103 Å². The highest BCUT2D eigenvalue weighted by molar-refractivity contribution is 5.84. The van der Waals surface area contributed by atoms with Crippen LogP contribution in [0.25, 0.3) is 32.3 Å². The first-order chi connectivity index (χ1) is 17.3. The fourth-order valence-corrected chi connectivity index (χ4v) is 4.24. The summed E-state index contributed by atoms with van der Waals surface area (Å²) in [5, 5.41) is 7.53. The number of rotatable bonds is 5. The molecule has 0 aliphatic rings. The Morgan fingerprint density at radius 3 is 1.29 bits per heavy atom. The smallest absolute Gasteiger partial charge is 0.119 e. The van der Waals surface area contributed by atoms with Crippen molar-refractivity contribution >= 4 is 32.3 Å². The van der Waals surface area contributed by atoms with Crippen LogP contribution in [0.1, 0.15) is 11.1 Å². The summed E-state index contributed by atoms with van der Waals surface area (Å²) in [5.41, 5.74) is 2.42. The molecule has 6 aromatic carbocycles. The van der Waals surface area contributed by atoms with E-state index in [9.17, 15) is 0 Å². The van der Waals surface area contributed by atoms with Crippen molar-refractivity contribution in [3.05, 3.63) is 139 Å². The van der Waals surface area contributed by atoms with E-state index in [4.69, 9.17) is 9.47 Å². The van der Waals surface area contributed by atoms with Crippen LogP contribution < -0.4 is 4.74 Å². The van der Waals surface area contributed by atoms with E-state index in [-0.39, 0.29) is 0 Å². The van der Waals surface area contributed by atoms with E-state index in [1.165, 1.54) is 43.4 Å². The second-order valence-electron chi connectivity index (χ2n) is 8.57. The SMILES string of the molecule is COc1ccc2ccccc2c1.c1ccc2cc(COCc3ccc4ccccc4c3)ccc2c1. The van der Waals surface area contributed by atoms with Crippen LogP contribution >= 0.6 is 0 Å². The summed E-state index contributed by atoms with van der Waals surface area (Å²) in [6.07, 6.45) is 0. The van der Waals surface area contributed by atoms with Crippen molar-refractivity contribution in [1.29, 1.82) is 0 Å². The minimum Gasteiger partial charge on any atom is -0.497 e. The predicted octanol–water partition coefficient (Wildman–Crippen LogP) is 8.56. The predicted molar refractivity (Wildman–Crippen MR) is 147 cm³/mol. The molecule has 0 aliphatic heterocycles. The van der Waals surface area contributed by atoms with Crippen molar-refractivity contribution in [3.63, 3.8) is 0 Å². The highest BCUT2D eigenvalue weighted by Gasteiger charge is 2.00. The minimum atomic E-state index is 0.637. The Labute approximate surface area is 206 Å². The zero-order valence-electron chi connectivity index (χ0n) is 19.9. The van der Waals surface area contributed by atoms with Gasteiger partial charge in [0, 0.05) is 0 Å². The van der Waals surface area contributed by atoms with Crippen LogP contribution in [0.5, 0.6) is 5.75 Å². The van der Waals surface area contributed by atoms with Crippen LogP contribution in [0.15, 0.2) is 127 Å². The number of hydrogen-bond donors (Lipinski definition) is 0. The molecule has 2 nitrogen and oxygen atoms in total. The fraction of sp³-hybridized carbons (Fsp3) is 0.0909. The lowest BCUT2D eigenvalue weighted by Gasteiger charge is -2.07. The van der Waals surface area contributed by atoms with Crippen LogP contribution in [0.3, 0.4) is 0 Å². The molecule has 6 rings (SSSR count). The van der Waals surface area contributed by atoms with Gasteiger partial charge >= 0.3 is 0 Å². The van der Waals surface area contributed by atoms with E-state index >= 15 is 0 Å². The summed E-state index contributed by atoms with van der Waals surface area (Å²) in [7, 11) is 1.68. The third-order valence-electron chi connectivity index (χ3n) is 6.12. The zero-order valence-corrected chi connectivity index (χ0v) is 19.9. The zero-order chi connectivity index (χ0) is 23.9. The standard InChI is InChI=1S/C22H18O.C11H10O/c1-3-7-21-13-17(9-11-19(21)5-1)15-23-16-18-10-12-20-6-2-4-8-22(20)14-18;1-12-11-7-6-9-4-2-3-5-10(9)8-11/h1-14H,15-16H2;2-8H,1H3. The quantitative estimate of drug-likeness (QED) is 0.259. The second kappa shape index (κ2) is 10.9. The van der Waals surface area contributed by atoms with Gasteiger partial charge in [0.1, 0.15) is 5.75 Å². The van der Waals surface area contributed by atoms with Crippen LogP contribution in [0, 0.1) is 0 Å². The minimum absolute atomic E-state index is 0.637. The largest absolute Gasteiger partial charge is 0.497 e. The summed E-state index contributed by atoms with van der Waals surface area (Å²) in [6, 6.07) is 44.1. The van der Waals surface area contributed by atoms with Crippen LogP contribution in [0.4, 0.5) is 0 Å². The average molecular weight is 457 g/mol. The number of hydrogen-bond acceptors (Lipinski definition) is 2. The van der Waals surface area contributed by atoms with E-state index in [0.29, 0.717) is 13.2 Å². The van der Waals surface area contributed by atoms with Crippen LogP contribution in [-0.2, 0) is 18.0 Å². The van der Waals surface area contributed by atoms with Crippen molar-refractivity contribution in [2.75, 3.05) is 7.11 Å². The molecule has 0 bridgehead atoms. The molecule has 0 spiro atoms. The molecule has 0 saturated heterocycles. The molecule has 2 heteroatoms. The highest BCUT2D eigenvalue weighted by atomic mass is 16.5. The number of benzene rings is 6. The first-order valence-electron chi connectivity index (χ1n) is 11.8. The van der Waals surface area contributed by atoms with Crippen LogP contribution in [-0.4, -0.2) is 7.11 Å². The second-order valence-corrected chi connectivity index (χ2v) is 8.57. The van der Waals surface area contributed by atoms with Gasteiger partial charge < -0.3 is 9.47 Å². The summed E-state index contributed by atoms with van der Waals surface area (Å²) in [4.78, 5) is 0. The van der Waals surface area contributed by atoms with E-state index in [1.54, 1.807) is 7.11 Å². The lowest BCUT2D eigenvalue weighted by Crippen LogP contribution is -1.94. The summed E-state index contributed by atoms with van der Waals surface area (Å²) >= 11 is 0. The molecule has 0 atom stereocenters. The molecular weight excluding hydrogens is 428 g/mol. The summed E-state index contributed by atoms with van der Waals surface area (Å²) < 4.78 is 11.0. The molecule has 0 aliphatic carbocycles. The van der Waals surface area contributed by atoms with Gasteiger partial charge in [0.15, 0.2) is 0 Å². The third kappa shape index (κ3) is 5.68. The Bertz CT molecular complexity index is 1490. The molecule has 0 amide bonds. The lowest BCUT2D eigenvalue weighted by molar-refractivity contribution is 0.107. The van der Waals surface area contributed by atoms with Gasteiger partial charge in [-0.25, -0.2) is 0 Å². The molecule has 6 aromatic rings. The highest BCUT2D eigenvalue weighted by Crippen LogP contribution is 2.20.